The van der Waals surface area contributed by atoms with E-state index in [9.17, 15) is 4.79 Å². The summed E-state index contributed by atoms with van der Waals surface area (Å²) in [4.78, 5) is 20.5. The number of hydrogen-bond acceptors (Lipinski definition) is 5. The third-order valence-corrected chi connectivity index (χ3v) is 4.55. The fourth-order valence-electron chi connectivity index (χ4n) is 2.22. The molecule has 7 heteroatoms. The first kappa shape index (κ1) is 16.2. The molecule has 0 aliphatic carbocycles. The van der Waals surface area contributed by atoms with Crippen LogP contribution in [0.2, 0.25) is 0 Å². The van der Waals surface area contributed by atoms with Gasteiger partial charge < -0.3 is 4.57 Å². The number of rotatable bonds is 5. The van der Waals surface area contributed by atoms with Crippen molar-refractivity contribution in [2.45, 2.75) is 12.1 Å². The van der Waals surface area contributed by atoms with E-state index in [1.807, 2.05) is 54.9 Å². The predicted molar refractivity (Wildman–Crippen MR) is 96.0 cm³/mol. The lowest BCUT2D eigenvalue weighted by Gasteiger charge is -2.03. The molecule has 0 radical (unpaired) electrons. The summed E-state index contributed by atoms with van der Waals surface area (Å²) in [5.74, 6) is 0.0880. The van der Waals surface area contributed by atoms with Crippen LogP contribution in [0.3, 0.4) is 0 Å². The van der Waals surface area contributed by atoms with Crippen LogP contribution in [0.25, 0.3) is 11.0 Å². The molecule has 122 valence electrons. The summed E-state index contributed by atoms with van der Waals surface area (Å²) < 4.78 is 1.98. The van der Waals surface area contributed by atoms with Gasteiger partial charge in [-0.05, 0) is 31.2 Å². The number of nitrogens with one attached hydrogen (secondary N) is 1. The number of pyridine rings is 1. The van der Waals surface area contributed by atoms with Crippen molar-refractivity contribution in [2.24, 2.45) is 12.1 Å². The molecule has 0 spiro atoms. The molecule has 0 atom stereocenters. The molecular weight excluding hydrogens is 322 g/mol. The van der Waals surface area contributed by atoms with Gasteiger partial charge in [-0.2, -0.15) is 5.10 Å². The Hall–Kier alpha value is -2.67. The summed E-state index contributed by atoms with van der Waals surface area (Å²) in [5.41, 5.74) is 6.21. The van der Waals surface area contributed by atoms with Crippen LogP contribution < -0.4 is 5.43 Å². The van der Waals surface area contributed by atoms with Crippen molar-refractivity contribution in [3.05, 3.63) is 54.4 Å². The number of benzene rings is 1. The second-order valence-electron chi connectivity index (χ2n) is 5.20. The number of carbonyl (C=O) groups is 1. The van der Waals surface area contributed by atoms with Gasteiger partial charge in [-0.3, -0.25) is 9.78 Å². The standard InChI is InChI=1S/C17H17N5OS/c1-12(13-7-9-18-10-8-13)20-21-16(23)11-24-17-19-14-5-3-4-6-15(14)22(17)2/h3-10H,11H2,1-2H3,(H,21,23)/b20-12+. The molecule has 3 rings (SSSR count). The first-order chi connectivity index (χ1) is 11.6. The lowest BCUT2D eigenvalue weighted by molar-refractivity contribution is -0.118. The molecule has 0 saturated heterocycles. The Balaban J connectivity index is 1.60. The van der Waals surface area contributed by atoms with E-state index in [1.165, 1.54) is 11.8 Å². The Bertz CT molecular complexity index is 888. The number of thioether (sulfide) groups is 1. The van der Waals surface area contributed by atoms with Crippen LogP contribution in [0.1, 0.15) is 12.5 Å². The van der Waals surface area contributed by atoms with Crippen LogP contribution in [-0.2, 0) is 11.8 Å². The van der Waals surface area contributed by atoms with Gasteiger partial charge in [-0.15, -0.1) is 0 Å². The molecule has 0 unspecified atom stereocenters. The van der Waals surface area contributed by atoms with Crippen LogP contribution in [0.4, 0.5) is 0 Å². The lowest BCUT2D eigenvalue weighted by atomic mass is 10.2. The largest absolute Gasteiger partial charge is 0.322 e. The zero-order valence-corrected chi connectivity index (χ0v) is 14.2. The Morgan fingerprint density at radius 3 is 2.75 bits per heavy atom. The van der Waals surface area contributed by atoms with Crippen molar-refractivity contribution in [1.29, 1.82) is 0 Å². The van der Waals surface area contributed by atoms with E-state index in [4.69, 9.17) is 0 Å². The third-order valence-electron chi connectivity index (χ3n) is 3.52. The van der Waals surface area contributed by atoms with Gasteiger partial charge in [0.25, 0.3) is 5.91 Å². The second-order valence-corrected chi connectivity index (χ2v) is 6.14. The number of hydrogen-bond donors (Lipinski definition) is 1. The highest BCUT2D eigenvalue weighted by molar-refractivity contribution is 7.99. The molecule has 1 aromatic carbocycles. The van der Waals surface area contributed by atoms with Crippen LogP contribution in [0, 0.1) is 0 Å². The molecule has 24 heavy (non-hydrogen) atoms. The monoisotopic (exact) mass is 339 g/mol. The van der Waals surface area contributed by atoms with Gasteiger partial charge in [0.15, 0.2) is 5.16 Å². The zero-order valence-electron chi connectivity index (χ0n) is 13.4. The van der Waals surface area contributed by atoms with Crippen LogP contribution in [0.15, 0.2) is 59.0 Å². The van der Waals surface area contributed by atoms with E-state index in [1.54, 1.807) is 12.4 Å². The Morgan fingerprint density at radius 1 is 1.25 bits per heavy atom. The average Bonchev–Trinajstić information content (AvgIpc) is 2.95. The van der Waals surface area contributed by atoms with E-state index >= 15 is 0 Å². The van der Waals surface area contributed by atoms with Crippen LogP contribution >= 0.6 is 11.8 Å². The maximum Gasteiger partial charge on any atom is 0.250 e. The van der Waals surface area contributed by atoms with E-state index in [0.717, 1.165) is 27.5 Å². The number of fused-ring (bicyclic) bond motifs is 1. The molecule has 0 fully saturated rings. The fraction of sp³-hybridized carbons (Fsp3) is 0.176. The van der Waals surface area contributed by atoms with Crippen LogP contribution in [0.5, 0.6) is 0 Å². The van der Waals surface area contributed by atoms with E-state index in [0.29, 0.717) is 0 Å². The minimum absolute atomic E-state index is 0.166. The molecule has 0 aliphatic rings. The Kier molecular flexibility index (Phi) is 4.90. The average molecular weight is 339 g/mol. The molecule has 2 aromatic heterocycles. The first-order valence-electron chi connectivity index (χ1n) is 7.43. The minimum atomic E-state index is -0.166. The molecule has 1 amide bonds. The van der Waals surface area contributed by atoms with Crippen molar-refractivity contribution >= 4 is 34.4 Å². The number of amides is 1. The number of aryl methyl sites for hydroxylation is 1. The van der Waals surface area contributed by atoms with Crippen LogP contribution in [-0.4, -0.2) is 31.9 Å². The first-order valence-corrected chi connectivity index (χ1v) is 8.41. The smallest absolute Gasteiger partial charge is 0.250 e. The highest BCUT2D eigenvalue weighted by atomic mass is 32.2. The Labute approximate surface area is 144 Å². The topological polar surface area (TPSA) is 72.2 Å². The molecule has 0 bridgehead atoms. The molecule has 0 aliphatic heterocycles. The van der Waals surface area contributed by atoms with Crippen molar-refractivity contribution in [1.82, 2.24) is 20.0 Å². The highest BCUT2D eigenvalue weighted by Crippen LogP contribution is 2.22. The molecular formula is C17H17N5OS. The number of hydrazone groups is 1. The highest BCUT2D eigenvalue weighted by Gasteiger charge is 2.10. The molecule has 0 saturated carbocycles. The number of aromatic nitrogens is 3. The summed E-state index contributed by atoms with van der Waals surface area (Å²) in [6.45, 7) is 1.84. The van der Waals surface area contributed by atoms with Gasteiger partial charge in [0.1, 0.15) is 0 Å². The lowest BCUT2D eigenvalue weighted by Crippen LogP contribution is -2.21. The normalized spacial score (nSPS) is 11.7. The summed E-state index contributed by atoms with van der Waals surface area (Å²) in [7, 11) is 1.95. The summed E-state index contributed by atoms with van der Waals surface area (Å²) in [6.07, 6.45) is 3.38. The van der Waals surface area contributed by atoms with E-state index < -0.39 is 0 Å². The van der Waals surface area contributed by atoms with Gasteiger partial charge in [-0.25, -0.2) is 10.4 Å². The second kappa shape index (κ2) is 7.27. The minimum Gasteiger partial charge on any atom is -0.322 e. The third kappa shape index (κ3) is 3.62. The van der Waals surface area contributed by atoms with Gasteiger partial charge in [-0.1, -0.05) is 23.9 Å². The molecule has 2 heterocycles. The summed E-state index contributed by atoms with van der Waals surface area (Å²) in [5, 5.41) is 4.93. The fourth-order valence-corrected chi connectivity index (χ4v) is 3.00. The van der Waals surface area contributed by atoms with Crippen molar-refractivity contribution in [2.75, 3.05) is 5.75 Å². The number of imidazole rings is 1. The number of para-hydroxylation sites is 2. The number of nitrogens with zero attached hydrogens (tertiary/aromatic N) is 4. The van der Waals surface area contributed by atoms with E-state index in [-0.39, 0.29) is 11.7 Å². The van der Waals surface area contributed by atoms with Gasteiger partial charge >= 0.3 is 0 Å². The maximum absolute atomic E-state index is 12.0. The van der Waals surface area contributed by atoms with Gasteiger partial charge in [0.05, 0.1) is 22.5 Å². The van der Waals surface area contributed by atoms with Gasteiger partial charge in [0, 0.05) is 25.0 Å². The maximum atomic E-state index is 12.0. The zero-order chi connectivity index (χ0) is 16.9. The van der Waals surface area contributed by atoms with Crippen molar-refractivity contribution in [3.63, 3.8) is 0 Å². The predicted octanol–water partition coefficient (Wildman–Crippen LogP) is 2.60. The van der Waals surface area contributed by atoms with Crippen molar-refractivity contribution in [3.8, 4) is 0 Å². The molecule has 3 aromatic rings. The van der Waals surface area contributed by atoms with Gasteiger partial charge in [0.2, 0.25) is 0 Å². The summed E-state index contributed by atoms with van der Waals surface area (Å²) >= 11 is 1.39. The molecule has 6 nitrogen and oxygen atoms in total. The van der Waals surface area contributed by atoms with E-state index in [2.05, 4.69) is 20.5 Å². The molecule has 1 N–H and O–H groups in total. The Morgan fingerprint density at radius 2 is 2.00 bits per heavy atom. The number of carbonyl (C=O) groups excluding carboxylic acids is 1. The quantitative estimate of drug-likeness (QED) is 0.441. The van der Waals surface area contributed by atoms with Crippen molar-refractivity contribution < 1.29 is 4.79 Å². The summed E-state index contributed by atoms with van der Waals surface area (Å²) in [6, 6.07) is 11.6. The SMILES string of the molecule is C/C(=N\NC(=O)CSc1nc2ccccc2n1C)c1ccncc1.